The van der Waals surface area contributed by atoms with Crippen LogP contribution in [0.5, 0.6) is 0 Å². The smallest absolute Gasteiger partial charge is 0.0928 e. The van der Waals surface area contributed by atoms with Gasteiger partial charge in [-0.15, -0.1) is 0 Å². The van der Waals surface area contributed by atoms with Crippen LogP contribution in [0.25, 0.3) is 0 Å². The summed E-state index contributed by atoms with van der Waals surface area (Å²) in [6.07, 6.45) is 13.3. The molecule has 0 aromatic carbocycles. The Morgan fingerprint density at radius 1 is 0.900 bits per heavy atom. The maximum absolute atomic E-state index is 10.4. The van der Waals surface area contributed by atoms with Gasteiger partial charge in [-0.05, 0) is 93.4 Å². The SMILES string of the molecule is OC1(C2CC2)CN(CCC23CC4CC(CC(C4)C2)C3)C1. The second-order valence-corrected chi connectivity index (χ2v) is 9.26. The minimum atomic E-state index is -0.276. The van der Waals surface area contributed by atoms with Crippen LogP contribution in [0, 0.1) is 29.1 Å². The fraction of sp³-hybridized carbons (Fsp3) is 1.00. The normalized spacial score (nSPS) is 49.4. The lowest BCUT2D eigenvalue weighted by atomic mass is 9.49. The van der Waals surface area contributed by atoms with Gasteiger partial charge in [0.05, 0.1) is 5.60 Å². The van der Waals surface area contributed by atoms with E-state index in [4.69, 9.17) is 0 Å². The molecule has 0 amide bonds. The molecule has 1 saturated heterocycles. The van der Waals surface area contributed by atoms with Gasteiger partial charge < -0.3 is 5.11 Å². The van der Waals surface area contributed by atoms with E-state index in [0.29, 0.717) is 5.92 Å². The van der Waals surface area contributed by atoms with E-state index in [-0.39, 0.29) is 5.60 Å². The first-order valence-corrected chi connectivity index (χ1v) is 9.07. The Kier molecular flexibility index (Phi) is 2.50. The van der Waals surface area contributed by atoms with E-state index in [2.05, 4.69) is 4.90 Å². The average Bonchev–Trinajstić information content (AvgIpc) is 3.15. The maximum Gasteiger partial charge on any atom is 0.0928 e. The summed E-state index contributed by atoms with van der Waals surface area (Å²) in [4.78, 5) is 2.54. The van der Waals surface area contributed by atoms with Crippen LogP contribution >= 0.6 is 0 Å². The van der Waals surface area contributed by atoms with Gasteiger partial charge >= 0.3 is 0 Å². The molecule has 0 spiro atoms. The van der Waals surface area contributed by atoms with Crippen LogP contribution in [-0.2, 0) is 0 Å². The first kappa shape index (κ1) is 12.5. The number of hydrogen-bond acceptors (Lipinski definition) is 2. The van der Waals surface area contributed by atoms with E-state index < -0.39 is 0 Å². The van der Waals surface area contributed by atoms with Crippen LogP contribution in [0.4, 0.5) is 0 Å². The van der Waals surface area contributed by atoms with Gasteiger partial charge in [0.15, 0.2) is 0 Å². The topological polar surface area (TPSA) is 23.5 Å². The summed E-state index contributed by atoms with van der Waals surface area (Å²) in [5.41, 5.74) is 0.448. The van der Waals surface area contributed by atoms with Gasteiger partial charge in [-0.1, -0.05) is 0 Å². The molecule has 4 bridgehead atoms. The Hall–Kier alpha value is -0.0800. The molecule has 0 aromatic heterocycles. The molecule has 2 nitrogen and oxygen atoms in total. The van der Waals surface area contributed by atoms with E-state index in [1.165, 1.54) is 25.8 Å². The minimum absolute atomic E-state index is 0.276. The number of likely N-dealkylation sites (tertiary alicyclic amines) is 1. The van der Waals surface area contributed by atoms with E-state index >= 15 is 0 Å². The summed E-state index contributed by atoms with van der Waals surface area (Å²) in [6.45, 7) is 3.22. The standard InChI is InChI=1S/C18H29NO/c20-18(16-1-2-16)11-19(12-18)4-3-17-8-13-5-14(9-17)7-15(6-13)10-17/h13-16,20H,1-12H2. The third-order valence-electron chi connectivity index (χ3n) is 7.46. The monoisotopic (exact) mass is 275 g/mol. The van der Waals surface area contributed by atoms with Crippen LogP contribution < -0.4 is 0 Å². The number of aliphatic hydroxyl groups is 1. The van der Waals surface area contributed by atoms with Gasteiger partial charge in [0.1, 0.15) is 0 Å². The molecule has 5 aliphatic carbocycles. The molecule has 1 N–H and O–H groups in total. The lowest BCUT2D eigenvalue weighted by molar-refractivity contribution is -0.123. The lowest BCUT2D eigenvalue weighted by Crippen LogP contribution is -2.63. The van der Waals surface area contributed by atoms with Gasteiger partial charge in [0.2, 0.25) is 0 Å². The van der Waals surface area contributed by atoms with Crippen molar-refractivity contribution < 1.29 is 5.11 Å². The van der Waals surface area contributed by atoms with Gasteiger partial charge in [0, 0.05) is 13.1 Å². The molecule has 20 heavy (non-hydrogen) atoms. The van der Waals surface area contributed by atoms with E-state index in [1.807, 2.05) is 0 Å². The highest BCUT2D eigenvalue weighted by Gasteiger charge is 2.53. The van der Waals surface area contributed by atoms with E-state index in [0.717, 1.165) is 36.3 Å². The van der Waals surface area contributed by atoms with Gasteiger partial charge in [-0.25, -0.2) is 0 Å². The van der Waals surface area contributed by atoms with Crippen molar-refractivity contribution in [2.24, 2.45) is 29.1 Å². The van der Waals surface area contributed by atoms with Crippen molar-refractivity contribution in [1.29, 1.82) is 0 Å². The van der Waals surface area contributed by atoms with Crippen molar-refractivity contribution in [1.82, 2.24) is 4.90 Å². The number of nitrogens with zero attached hydrogens (tertiary/aromatic N) is 1. The summed E-state index contributed by atoms with van der Waals surface area (Å²) in [5.74, 6) is 3.90. The van der Waals surface area contributed by atoms with Crippen molar-refractivity contribution in [2.75, 3.05) is 19.6 Å². The summed E-state index contributed by atoms with van der Waals surface area (Å²) < 4.78 is 0. The summed E-state index contributed by atoms with van der Waals surface area (Å²) in [5, 5.41) is 10.4. The molecule has 112 valence electrons. The average molecular weight is 275 g/mol. The Labute approximate surface area is 122 Å². The van der Waals surface area contributed by atoms with Gasteiger partial charge in [-0.2, -0.15) is 0 Å². The zero-order valence-electron chi connectivity index (χ0n) is 12.7. The summed E-state index contributed by atoms with van der Waals surface area (Å²) in [6, 6.07) is 0. The van der Waals surface area contributed by atoms with Crippen molar-refractivity contribution in [3.63, 3.8) is 0 Å². The molecular weight excluding hydrogens is 246 g/mol. The third kappa shape index (κ3) is 1.90. The molecule has 1 aliphatic heterocycles. The van der Waals surface area contributed by atoms with Crippen LogP contribution in [0.15, 0.2) is 0 Å². The molecule has 6 aliphatic rings. The quantitative estimate of drug-likeness (QED) is 0.852. The van der Waals surface area contributed by atoms with Crippen LogP contribution in [-0.4, -0.2) is 35.2 Å². The fourth-order valence-electron chi connectivity index (χ4n) is 6.76. The van der Waals surface area contributed by atoms with Crippen molar-refractivity contribution in [3.8, 4) is 0 Å². The largest absolute Gasteiger partial charge is 0.387 e. The molecule has 0 atom stereocenters. The van der Waals surface area contributed by atoms with Crippen molar-refractivity contribution in [2.45, 2.75) is 63.4 Å². The second kappa shape index (κ2) is 4.01. The van der Waals surface area contributed by atoms with Crippen LogP contribution in [0.3, 0.4) is 0 Å². The minimum Gasteiger partial charge on any atom is -0.387 e. The molecule has 6 fully saturated rings. The predicted octanol–water partition coefficient (Wildman–Crippen LogP) is 3.05. The van der Waals surface area contributed by atoms with E-state index in [1.54, 1.807) is 38.5 Å². The molecule has 0 radical (unpaired) electrons. The number of hydrogen-bond donors (Lipinski definition) is 1. The Morgan fingerprint density at radius 3 is 1.95 bits per heavy atom. The first-order valence-electron chi connectivity index (χ1n) is 9.07. The highest BCUT2D eigenvalue weighted by molar-refractivity contribution is 5.06. The number of β-amino-alcohol motifs (C(OH)–C–C–N with tert-alkyl or cyclic N) is 1. The van der Waals surface area contributed by atoms with E-state index in [9.17, 15) is 5.11 Å². The van der Waals surface area contributed by atoms with Gasteiger partial charge in [-0.3, -0.25) is 4.90 Å². The lowest BCUT2D eigenvalue weighted by Gasteiger charge is -2.58. The zero-order valence-corrected chi connectivity index (χ0v) is 12.7. The maximum atomic E-state index is 10.4. The summed E-state index contributed by atoms with van der Waals surface area (Å²) >= 11 is 0. The molecule has 0 aromatic rings. The molecule has 1 heterocycles. The molecular formula is C18H29NO. The highest BCUT2D eigenvalue weighted by Crippen LogP contribution is 2.61. The second-order valence-electron chi connectivity index (χ2n) is 9.26. The third-order valence-corrected chi connectivity index (χ3v) is 7.46. The van der Waals surface area contributed by atoms with Crippen LogP contribution in [0.1, 0.15) is 57.8 Å². The van der Waals surface area contributed by atoms with Crippen molar-refractivity contribution in [3.05, 3.63) is 0 Å². The van der Waals surface area contributed by atoms with Gasteiger partial charge in [0.25, 0.3) is 0 Å². The predicted molar refractivity (Wildman–Crippen MR) is 79.3 cm³/mol. The number of rotatable bonds is 4. The highest BCUT2D eigenvalue weighted by atomic mass is 16.3. The Bertz CT molecular complexity index is 372. The Morgan fingerprint density at radius 2 is 1.45 bits per heavy atom. The zero-order chi connectivity index (χ0) is 13.4. The molecule has 0 unspecified atom stereocenters. The molecule has 6 rings (SSSR count). The first-order chi connectivity index (χ1) is 9.63. The van der Waals surface area contributed by atoms with Crippen molar-refractivity contribution >= 4 is 0 Å². The van der Waals surface area contributed by atoms with Crippen LogP contribution in [0.2, 0.25) is 0 Å². The Balaban J connectivity index is 1.19. The summed E-state index contributed by atoms with van der Waals surface area (Å²) in [7, 11) is 0. The molecule has 2 heteroatoms. The fourth-order valence-corrected chi connectivity index (χ4v) is 6.76. The molecule has 5 saturated carbocycles.